The average Bonchev–Trinajstić information content (AvgIpc) is 3.39. The highest BCUT2D eigenvalue weighted by atomic mass is 16.6. The van der Waals surface area contributed by atoms with Crippen LogP contribution in [-0.2, 0) is 28.6 Å². The van der Waals surface area contributed by atoms with E-state index in [-0.39, 0.29) is 31.1 Å². The molecule has 0 rings (SSSR count). The fourth-order valence-electron chi connectivity index (χ4n) is 8.48. The predicted molar refractivity (Wildman–Crippen MR) is 316 cm³/mol. The maximum atomic E-state index is 12.9. The lowest BCUT2D eigenvalue weighted by Crippen LogP contribution is -2.30. The fraction of sp³-hybridized carbons (Fsp3) is 0.716. The number of allylic oxidation sites excluding steroid dienone is 16. The second-order valence-electron chi connectivity index (χ2n) is 20.2. The normalized spacial score (nSPS) is 12.8. The number of hydrogen-bond donors (Lipinski definition) is 0. The molecule has 1 atom stereocenters. The van der Waals surface area contributed by atoms with Crippen molar-refractivity contribution in [2.75, 3.05) is 13.2 Å². The van der Waals surface area contributed by atoms with E-state index in [9.17, 15) is 14.4 Å². The molecule has 0 heterocycles. The molecule has 0 aliphatic rings. The van der Waals surface area contributed by atoms with Crippen molar-refractivity contribution in [1.82, 2.24) is 0 Å². The summed E-state index contributed by atoms with van der Waals surface area (Å²) in [7, 11) is 0. The molecule has 0 saturated heterocycles. The van der Waals surface area contributed by atoms with Crippen molar-refractivity contribution >= 4 is 17.9 Å². The molecule has 0 bridgehead atoms. The topological polar surface area (TPSA) is 78.9 Å². The molecule has 418 valence electrons. The summed E-state index contributed by atoms with van der Waals surface area (Å²) in [5, 5.41) is 0. The van der Waals surface area contributed by atoms with E-state index in [2.05, 4.69) is 118 Å². The molecule has 0 aliphatic carbocycles. The number of carbonyl (C=O) groups excluding carboxylic acids is 3. The Hall–Kier alpha value is -3.67. The zero-order valence-electron chi connectivity index (χ0n) is 47.9. The van der Waals surface area contributed by atoms with Crippen molar-refractivity contribution in [2.24, 2.45) is 0 Å². The van der Waals surface area contributed by atoms with Crippen LogP contribution in [0.5, 0.6) is 0 Å². The predicted octanol–water partition coefficient (Wildman–Crippen LogP) is 20.9. The Balaban J connectivity index is 4.43. The largest absolute Gasteiger partial charge is 0.462 e. The first-order valence-corrected chi connectivity index (χ1v) is 30.7. The quantitative estimate of drug-likeness (QED) is 0.0261. The molecule has 0 N–H and O–H groups in total. The molecular formula is C67H114O6. The van der Waals surface area contributed by atoms with Gasteiger partial charge in [0.15, 0.2) is 6.10 Å². The summed E-state index contributed by atoms with van der Waals surface area (Å²) in [4.78, 5) is 38.3. The Morgan fingerprint density at radius 3 is 0.863 bits per heavy atom. The van der Waals surface area contributed by atoms with Crippen LogP contribution in [0.15, 0.2) is 97.2 Å². The van der Waals surface area contributed by atoms with Gasteiger partial charge < -0.3 is 14.2 Å². The highest BCUT2D eigenvalue weighted by molar-refractivity contribution is 5.71. The van der Waals surface area contributed by atoms with E-state index in [4.69, 9.17) is 14.2 Å². The summed E-state index contributed by atoms with van der Waals surface area (Å²) in [5.41, 5.74) is 0. The minimum Gasteiger partial charge on any atom is -0.462 e. The zero-order valence-corrected chi connectivity index (χ0v) is 47.9. The molecule has 0 aromatic rings. The van der Waals surface area contributed by atoms with Crippen LogP contribution in [0.2, 0.25) is 0 Å². The number of rotatable bonds is 55. The Morgan fingerprint density at radius 1 is 0.288 bits per heavy atom. The standard InChI is InChI=1S/C67H114O6/c1-4-7-10-13-16-19-22-25-28-30-31-32-33-34-35-37-39-42-45-48-51-54-57-60-66(69)72-63-64(62-71-65(68)59-56-53-50-47-44-41-38-27-24-21-18-15-12-9-6-3)73-67(70)61-58-55-52-49-46-43-40-36-29-26-23-20-17-14-11-8-5-2/h7,10,16,18-19,21,25,27-28,31-32,34-35,38-39,42,64H,4-6,8-9,11-15,17,20,22-24,26,29-30,33,36-37,40-41,43-63H2,1-3H3/b10-7-,19-16-,21-18-,28-25-,32-31-,35-34-,38-27-,42-39-. The second kappa shape index (κ2) is 60.9. The number of ether oxygens (including phenoxy) is 3. The third-order valence-corrected chi connectivity index (χ3v) is 13.1. The van der Waals surface area contributed by atoms with Gasteiger partial charge in [0, 0.05) is 19.3 Å². The summed E-state index contributed by atoms with van der Waals surface area (Å²) in [5.74, 6) is -0.920. The van der Waals surface area contributed by atoms with Gasteiger partial charge in [0.2, 0.25) is 0 Å². The summed E-state index contributed by atoms with van der Waals surface area (Å²) in [6.07, 6.45) is 81.1. The van der Waals surface area contributed by atoms with E-state index in [1.165, 1.54) is 116 Å². The monoisotopic (exact) mass is 1010 g/mol. The van der Waals surface area contributed by atoms with Gasteiger partial charge in [0.05, 0.1) is 0 Å². The summed E-state index contributed by atoms with van der Waals surface area (Å²) in [6.45, 7) is 6.49. The van der Waals surface area contributed by atoms with Crippen LogP contribution >= 0.6 is 0 Å². The molecular weight excluding hydrogens is 901 g/mol. The van der Waals surface area contributed by atoms with Gasteiger partial charge in [0.1, 0.15) is 13.2 Å². The van der Waals surface area contributed by atoms with Crippen molar-refractivity contribution in [2.45, 2.75) is 297 Å². The third-order valence-electron chi connectivity index (χ3n) is 13.1. The molecule has 0 aliphatic heterocycles. The van der Waals surface area contributed by atoms with Crippen molar-refractivity contribution in [3.63, 3.8) is 0 Å². The molecule has 6 heteroatoms. The molecule has 0 aromatic heterocycles. The first kappa shape index (κ1) is 69.3. The number of esters is 3. The number of unbranched alkanes of at least 4 members (excludes halogenated alkanes) is 28. The van der Waals surface area contributed by atoms with E-state index >= 15 is 0 Å². The molecule has 73 heavy (non-hydrogen) atoms. The van der Waals surface area contributed by atoms with E-state index in [1.807, 2.05) is 0 Å². The van der Waals surface area contributed by atoms with E-state index in [1.54, 1.807) is 0 Å². The van der Waals surface area contributed by atoms with E-state index < -0.39 is 6.10 Å². The van der Waals surface area contributed by atoms with Gasteiger partial charge in [-0.05, 0) is 103 Å². The molecule has 0 radical (unpaired) electrons. The molecule has 0 saturated carbocycles. The smallest absolute Gasteiger partial charge is 0.306 e. The van der Waals surface area contributed by atoms with E-state index in [0.717, 1.165) is 135 Å². The van der Waals surface area contributed by atoms with Gasteiger partial charge in [0.25, 0.3) is 0 Å². The van der Waals surface area contributed by atoms with Crippen LogP contribution in [0, 0.1) is 0 Å². The lowest BCUT2D eigenvalue weighted by molar-refractivity contribution is -0.167. The van der Waals surface area contributed by atoms with Gasteiger partial charge in [-0.25, -0.2) is 0 Å². The number of carbonyl (C=O) groups is 3. The van der Waals surface area contributed by atoms with E-state index in [0.29, 0.717) is 19.3 Å². The summed E-state index contributed by atoms with van der Waals surface area (Å²) < 4.78 is 16.9. The molecule has 0 amide bonds. The minimum absolute atomic E-state index is 0.0915. The van der Waals surface area contributed by atoms with Gasteiger partial charge >= 0.3 is 17.9 Å². The Kier molecular flexibility index (Phi) is 57.8. The highest BCUT2D eigenvalue weighted by Crippen LogP contribution is 2.16. The molecule has 0 aromatic carbocycles. The maximum Gasteiger partial charge on any atom is 0.306 e. The van der Waals surface area contributed by atoms with Crippen molar-refractivity contribution in [3.8, 4) is 0 Å². The first-order valence-electron chi connectivity index (χ1n) is 30.7. The minimum atomic E-state index is -0.794. The lowest BCUT2D eigenvalue weighted by atomic mass is 10.0. The van der Waals surface area contributed by atoms with Crippen LogP contribution in [0.1, 0.15) is 290 Å². The summed E-state index contributed by atoms with van der Waals surface area (Å²) >= 11 is 0. The van der Waals surface area contributed by atoms with Crippen molar-refractivity contribution < 1.29 is 28.6 Å². The van der Waals surface area contributed by atoms with Crippen molar-refractivity contribution in [1.29, 1.82) is 0 Å². The van der Waals surface area contributed by atoms with Crippen LogP contribution in [0.3, 0.4) is 0 Å². The maximum absolute atomic E-state index is 12.9. The van der Waals surface area contributed by atoms with Gasteiger partial charge in [-0.3, -0.25) is 14.4 Å². The van der Waals surface area contributed by atoms with Crippen LogP contribution < -0.4 is 0 Å². The summed E-state index contributed by atoms with van der Waals surface area (Å²) in [6, 6.07) is 0. The van der Waals surface area contributed by atoms with Gasteiger partial charge in [-0.15, -0.1) is 0 Å². The van der Waals surface area contributed by atoms with Gasteiger partial charge in [-0.1, -0.05) is 266 Å². The van der Waals surface area contributed by atoms with Gasteiger partial charge in [-0.2, -0.15) is 0 Å². The molecule has 1 unspecified atom stereocenters. The Labute approximate surface area is 451 Å². The van der Waals surface area contributed by atoms with Crippen molar-refractivity contribution in [3.05, 3.63) is 97.2 Å². The third kappa shape index (κ3) is 59.1. The second-order valence-corrected chi connectivity index (χ2v) is 20.2. The number of hydrogen-bond acceptors (Lipinski definition) is 6. The zero-order chi connectivity index (χ0) is 52.9. The Bertz CT molecular complexity index is 1440. The van der Waals surface area contributed by atoms with Crippen LogP contribution in [0.25, 0.3) is 0 Å². The first-order chi connectivity index (χ1) is 36.0. The fourth-order valence-corrected chi connectivity index (χ4v) is 8.48. The molecule has 6 nitrogen and oxygen atoms in total. The lowest BCUT2D eigenvalue weighted by Gasteiger charge is -2.18. The SMILES string of the molecule is CC/C=C\C/C=C\C/C=C\C/C=C\C/C=C\C/C=C\CCCCCCC(=O)OCC(COC(=O)CCCCCCC/C=C\C/C=C\CCCCC)OC(=O)CCCCCCCCCCCCCCCCCCC. The molecule has 0 spiro atoms. The van der Waals surface area contributed by atoms with Crippen LogP contribution in [0.4, 0.5) is 0 Å². The average molecular weight is 1020 g/mol. The highest BCUT2D eigenvalue weighted by Gasteiger charge is 2.19. The molecule has 0 fully saturated rings. The van der Waals surface area contributed by atoms with Crippen LogP contribution in [-0.4, -0.2) is 37.2 Å². The Morgan fingerprint density at radius 2 is 0.534 bits per heavy atom.